The van der Waals surface area contributed by atoms with Gasteiger partial charge in [-0.1, -0.05) is 6.92 Å². The maximum Gasteiger partial charge on any atom is 0.246 e. The number of nitrogens with zero attached hydrogens (tertiary/aromatic N) is 2. The molecule has 0 bridgehead atoms. The van der Waals surface area contributed by atoms with Crippen molar-refractivity contribution in [3.63, 3.8) is 0 Å². The number of rotatable bonds is 7. The molecule has 0 spiro atoms. The Balaban J connectivity index is 3.09. The zero-order valence-corrected chi connectivity index (χ0v) is 13.2. The third kappa shape index (κ3) is 4.43. The molecule has 0 fully saturated rings. The largest absolute Gasteiger partial charge is 0.389 e. The van der Waals surface area contributed by atoms with Crippen LogP contribution >= 0.6 is 0 Å². The van der Waals surface area contributed by atoms with Gasteiger partial charge in [0.1, 0.15) is 4.90 Å². The number of sulfonamides is 1. The van der Waals surface area contributed by atoms with E-state index in [1.165, 1.54) is 13.2 Å². The summed E-state index contributed by atoms with van der Waals surface area (Å²) in [5.74, 6) is 0. The zero-order valence-electron chi connectivity index (χ0n) is 12.4. The van der Waals surface area contributed by atoms with Crippen molar-refractivity contribution in [1.82, 2.24) is 9.29 Å². The van der Waals surface area contributed by atoms with E-state index in [1.807, 2.05) is 6.92 Å². The first-order valence-corrected chi connectivity index (χ1v) is 7.99. The van der Waals surface area contributed by atoms with Crippen molar-refractivity contribution in [1.29, 1.82) is 0 Å². The minimum absolute atomic E-state index is 0.0114. The van der Waals surface area contributed by atoms with Crippen molar-refractivity contribution in [2.45, 2.75) is 37.7 Å². The Labute approximate surface area is 120 Å². The van der Waals surface area contributed by atoms with Crippen LogP contribution in [0, 0.1) is 0 Å². The topological polar surface area (TPSA) is 82.5 Å². The molecule has 0 aliphatic heterocycles. The van der Waals surface area contributed by atoms with Gasteiger partial charge < -0.3 is 10.4 Å². The highest BCUT2D eigenvalue weighted by atomic mass is 32.2. The molecule has 6 nitrogen and oxygen atoms in total. The summed E-state index contributed by atoms with van der Waals surface area (Å²) in [6, 6.07) is 1.64. The van der Waals surface area contributed by atoms with E-state index in [1.54, 1.807) is 26.1 Å². The molecule has 0 aliphatic rings. The molecular formula is C13H23N3O3S. The van der Waals surface area contributed by atoms with Crippen molar-refractivity contribution >= 4 is 15.7 Å². The van der Waals surface area contributed by atoms with Gasteiger partial charge in [0.05, 0.1) is 11.3 Å². The van der Waals surface area contributed by atoms with Crippen LogP contribution in [0.3, 0.4) is 0 Å². The van der Waals surface area contributed by atoms with Gasteiger partial charge in [-0.25, -0.2) is 8.42 Å². The first-order valence-electron chi connectivity index (χ1n) is 6.55. The third-order valence-electron chi connectivity index (χ3n) is 2.65. The molecule has 0 amide bonds. The molecule has 0 aromatic carbocycles. The lowest BCUT2D eigenvalue weighted by molar-refractivity contribution is 0.0640. The van der Waals surface area contributed by atoms with Crippen LogP contribution in [0.4, 0.5) is 5.69 Å². The van der Waals surface area contributed by atoms with Crippen molar-refractivity contribution < 1.29 is 13.5 Å². The van der Waals surface area contributed by atoms with Gasteiger partial charge in [-0.15, -0.1) is 0 Å². The Bertz CT molecular complexity index is 538. The summed E-state index contributed by atoms with van der Waals surface area (Å²) < 4.78 is 26.2. The predicted molar refractivity (Wildman–Crippen MR) is 79.1 cm³/mol. The van der Waals surface area contributed by atoms with Crippen LogP contribution in [0.2, 0.25) is 0 Å². The SMILES string of the molecule is CCCNc1ccncc1S(=O)(=O)N(C)CC(C)(C)O. The molecule has 1 aromatic heterocycles. The fourth-order valence-electron chi connectivity index (χ4n) is 1.79. The van der Waals surface area contributed by atoms with Gasteiger partial charge in [-0.2, -0.15) is 4.31 Å². The van der Waals surface area contributed by atoms with E-state index < -0.39 is 15.6 Å². The highest BCUT2D eigenvalue weighted by Gasteiger charge is 2.28. The van der Waals surface area contributed by atoms with Crippen LogP contribution in [0.25, 0.3) is 0 Å². The van der Waals surface area contributed by atoms with Crippen LogP contribution in [0.1, 0.15) is 27.2 Å². The highest BCUT2D eigenvalue weighted by Crippen LogP contribution is 2.23. The number of likely N-dealkylation sites (N-methyl/N-ethyl adjacent to an activating group) is 1. The van der Waals surface area contributed by atoms with Gasteiger partial charge in [-0.3, -0.25) is 4.98 Å². The first-order chi connectivity index (χ1) is 9.18. The first kappa shape index (κ1) is 16.9. The monoisotopic (exact) mass is 301 g/mol. The lowest BCUT2D eigenvalue weighted by Gasteiger charge is -2.25. The summed E-state index contributed by atoms with van der Waals surface area (Å²) in [5, 5.41) is 12.9. The maximum atomic E-state index is 12.5. The molecule has 0 saturated heterocycles. The van der Waals surface area contributed by atoms with Crippen molar-refractivity contribution in [3.8, 4) is 0 Å². The molecule has 7 heteroatoms. The molecular weight excluding hydrogens is 278 g/mol. The summed E-state index contributed by atoms with van der Waals surface area (Å²) >= 11 is 0. The van der Waals surface area contributed by atoms with E-state index in [4.69, 9.17) is 0 Å². The number of anilines is 1. The number of hydrogen-bond donors (Lipinski definition) is 2. The molecule has 0 radical (unpaired) electrons. The molecule has 2 N–H and O–H groups in total. The van der Waals surface area contributed by atoms with E-state index in [9.17, 15) is 13.5 Å². The van der Waals surface area contributed by atoms with Crippen LogP contribution < -0.4 is 5.32 Å². The molecule has 1 rings (SSSR count). The molecule has 20 heavy (non-hydrogen) atoms. The molecule has 0 unspecified atom stereocenters. The number of aliphatic hydroxyl groups is 1. The van der Waals surface area contributed by atoms with Crippen LogP contribution in [-0.4, -0.2) is 48.6 Å². The number of pyridine rings is 1. The molecule has 1 aromatic rings. The molecule has 0 atom stereocenters. The van der Waals surface area contributed by atoms with Gasteiger partial charge in [0.25, 0.3) is 0 Å². The van der Waals surface area contributed by atoms with Gasteiger partial charge in [0.2, 0.25) is 10.0 Å². The van der Waals surface area contributed by atoms with Crippen LogP contribution in [-0.2, 0) is 10.0 Å². The second-order valence-corrected chi connectivity index (χ2v) is 7.39. The average molecular weight is 301 g/mol. The van der Waals surface area contributed by atoms with E-state index in [2.05, 4.69) is 10.3 Å². The molecule has 1 heterocycles. The molecule has 0 aliphatic carbocycles. The smallest absolute Gasteiger partial charge is 0.246 e. The third-order valence-corrected chi connectivity index (χ3v) is 4.48. The standard InChI is InChI=1S/C13H23N3O3S/c1-5-7-15-11-6-8-14-9-12(11)20(18,19)16(4)10-13(2,3)17/h6,8-9,17H,5,7,10H2,1-4H3,(H,14,15). The highest BCUT2D eigenvalue weighted by molar-refractivity contribution is 7.89. The minimum Gasteiger partial charge on any atom is -0.389 e. The second-order valence-electron chi connectivity index (χ2n) is 5.37. The molecule has 114 valence electrons. The van der Waals surface area contributed by atoms with E-state index in [-0.39, 0.29) is 11.4 Å². The Hall–Kier alpha value is -1.18. The van der Waals surface area contributed by atoms with Gasteiger partial charge in [-0.05, 0) is 26.3 Å². The van der Waals surface area contributed by atoms with Gasteiger partial charge in [0, 0.05) is 32.5 Å². The van der Waals surface area contributed by atoms with E-state index >= 15 is 0 Å². The van der Waals surface area contributed by atoms with Crippen LogP contribution in [0.15, 0.2) is 23.4 Å². The summed E-state index contributed by atoms with van der Waals surface area (Å²) in [6.07, 6.45) is 3.77. The van der Waals surface area contributed by atoms with Crippen molar-refractivity contribution in [2.75, 3.05) is 25.5 Å². The van der Waals surface area contributed by atoms with Crippen molar-refractivity contribution in [3.05, 3.63) is 18.5 Å². The van der Waals surface area contributed by atoms with E-state index in [0.717, 1.165) is 10.7 Å². The summed E-state index contributed by atoms with van der Waals surface area (Å²) in [5.41, 5.74) is -0.564. The normalized spacial score (nSPS) is 12.7. The second kappa shape index (κ2) is 6.51. The number of nitrogens with one attached hydrogen (secondary N) is 1. The Kier molecular flexibility index (Phi) is 5.50. The Morgan fingerprint density at radius 1 is 1.45 bits per heavy atom. The minimum atomic E-state index is -3.68. The predicted octanol–water partition coefficient (Wildman–Crippen LogP) is 1.29. The Morgan fingerprint density at radius 3 is 2.65 bits per heavy atom. The zero-order chi connectivity index (χ0) is 15.4. The lowest BCUT2D eigenvalue weighted by Crippen LogP contribution is -2.39. The number of aromatic nitrogens is 1. The maximum absolute atomic E-state index is 12.5. The molecule has 0 saturated carbocycles. The van der Waals surface area contributed by atoms with Crippen molar-refractivity contribution in [2.24, 2.45) is 0 Å². The quantitative estimate of drug-likeness (QED) is 0.793. The number of hydrogen-bond acceptors (Lipinski definition) is 5. The lowest BCUT2D eigenvalue weighted by atomic mass is 10.1. The Morgan fingerprint density at radius 2 is 2.10 bits per heavy atom. The van der Waals surface area contributed by atoms with E-state index in [0.29, 0.717) is 12.2 Å². The summed E-state index contributed by atoms with van der Waals surface area (Å²) in [7, 11) is -2.24. The van der Waals surface area contributed by atoms with Crippen LogP contribution in [0.5, 0.6) is 0 Å². The fraction of sp³-hybridized carbons (Fsp3) is 0.615. The van der Waals surface area contributed by atoms with Gasteiger partial charge >= 0.3 is 0 Å². The average Bonchev–Trinajstić information content (AvgIpc) is 2.34. The summed E-state index contributed by atoms with van der Waals surface area (Å²) in [6.45, 7) is 5.83. The van der Waals surface area contributed by atoms with Gasteiger partial charge in [0.15, 0.2) is 0 Å². The summed E-state index contributed by atoms with van der Waals surface area (Å²) in [4.78, 5) is 4.02. The fourth-order valence-corrected chi connectivity index (χ4v) is 3.22.